The molecule has 1 aromatic heterocycles. The van der Waals surface area contributed by atoms with E-state index in [1.807, 2.05) is 0 Å². The molecule has 0 atom stereocenters. The van der Waals surface area contributed by atoms with Crippen molar-refractivity contribution in [2.45, 2.75) is 20.3 Å². The lowest BCUT2D eigenvalue weighted by molar-refractivity contribution is -0.591. The molecule has 0 aliphatic carbocycles. The fourth-order valence-electron chi connectivity index (χ4n) is 2.53. The first-order valence-corrected chi connectivity index (χ1v) is 7.53. The predicted octanol–water partition coefficient (Wildman–Crippen LogP) is 2.39. The smallest absolute Gasteiger partial charge is 0.332 e. The van der Waals surface area contributed by atoms with Crippen molar-refractivity contribution in [3.05, 3.63) is 46.8 Å². The van der Waals surface area contributed by atoms with Gasteiger partial charge in [-0.05, 0) is 24.5 Å². The summed E-state index contributed by atoms with van der Waals surface area (Å²) in [5.74, 6) is 0.620. The van der Waals surface area contributed by atoms with Gasteiger partial charge in [-0.25, -0.2) is 0 Å². The van der Waals surface area contributed by atoms with Gasteiger partial charge in [-0.1, -0.05) is 26.0 Å². The van der Waals surface area contributed by atoms with Gasteiger partial charge in [-0.3, -0.25) is 0 Å². The molecule has 0 aliphatic rings. The molecule has 0 amide bonds. The fraction of sp³-hybridized carbons (Fsp3) is 0.294. The van der Waals surface area contributed by atoms with E-state index in [0.29, 0.717) is 27.7 Å². The maximum absolute atomic E-state index is 12.7. The summed E-state index contributed by atoms with van der Waals surface area (Å²) in [6, 6.07) is 9.28. The number of hydrogen-bond acceptors (Lipinski definition) is 4. The van der Waals surface area contributed by atoms with Gasteiger partial charge in [0.05, 0.1) is 6.61 Å². The average molecular weight is 314 g/mol. The molecule has 0 aliphatic heterocycles. The van der Waals surface area contributed by atoms with Crippen LogP contribution in [0.3, 0.4) is 0 Å². The number of hydrogen-bond donors (Lipinski definition) is 1. The molecule has 3 rings (SSSR count). The minimum absolute atomic E-state index is 0.0469. The summed E-state index contributed by atoms with van der Waals surface area (Å²) in [4.78, 5) is 0. The maximum atomic E-state index is 12.7. The Morgan fingerprint density at radius 1 is 1.00 bits per heavy atom. The largest absolute Gasteiger partial charge is 0.617 e. The number of para-hydroxylation sites is 2. The summed E-state index contributed by atoms with van der Waals surface area (Å²) in [6.07, 6.45) is 0.848. The van der Waals surface area contributed by atoms with Crippen LogP contribution in [-0.2, 0) is 0 Å². The number of nitrogens with zero attached hydrogens (tertiary/aromatic N) is 2. The van der Waals surface area contributed by atoms with Gasteiger partial charge >= 0.3 is 11.0 Å². The molecule has 0 radical (unpaired) electrons. The van der Waals surface area contributed by atoms with E-state index in [-0.39, 0.29) is 27.8 Å². The van der Waals surface area contributed by atoms with Crippen LogP contribution in [-0.4, -0.2) is 11.7 Å². The van der Waals surface area contributed by atoms with Crippen LogP contribution in [0.4, 0.5) is 0 Å². The van der Waals surface area contributed by atoms with Crippen LogP contribution in [0.15, 0.2) is 36.4 Å². The molecular formula is C17H18N2O4. The molecule has 23 heavy (non-hydrogen) atoms. The third-order valence-corrected chi connectivity index (χ3v) is 3.77. The van der Waals surface area contributed by atoms with Gasteiger partial charge in [-0.2, -0.15) is 9.46 Å². The zero-order valence-corrected chi connectivity index (χ0v) is 13.0. The predicted molar refractivity (Wildman–Crippen MR) is 86.0 cm³/mol. The van der Waals surface area contributed by atoms with E-state index >= 15 is 0 Å². The Bertz CT molecular complexity index is 877. The van der Waals surface area contributed by atoms with E-state index in [9.17, 15) is 15.5 Å². The zero-order valence-electron chi connectivity index (χ0n) is 13.0. The summed E-state index contributed by atoms with van der Waals surface area (Å²) >= 11 is 0. The van der Waals surface area contributed by atoms with Crippen LogP contribution in [0.2, 0.25) is 0 Å². The second-order valence-electron chi connectivity index (χ2n) is 5.89. The summed E-state index contributed by atoms with van der Waals surface area (Å²) in [5.41, 5.74) is 0.391. The molecule has 6 nitrogen and oxygen atoms in total. The molecule has 2 aromatic carbocycles. The zero-order chi connectivity index (χ0) is 16.6. The van der Waals surface area contributed by atoms with E-state index in [4.69, 9.17) is 4.74 Å². The number of fused-ring (bicyclic) bond motifs is 2. The minimum atomic E-state index is -0.227. The molecule has 0 bridgehead atoms. The van der Waals surface area contributed by atoms with Gasteiger partial charge in [0.2, 0.25) is 0 Å². The summed E-state index contributed by atoms with van der Waals surface area (Å²) in [6.45, 7) is 4.64. The minimum Gasteiger partial charge on any atom is -0.617 e. The van der Waals surface area contributed by atoms with Crippen molar-refractivity contribution in [3.63, 3.8) is 0 Å². The summed E-state index contributed by atoms with van der Waals surface area (Å²) in [7, 11) is 0. The molecule has 0 saturated carbocycles. The maximum Gasteiger partial charge on any atom is 0.332 e. The lowest BCUT2D eigenvalue weighted by atomic mass is 10.1. The monoisotopic (exact) mass is 314 g/mol. The SMILES string of the molecule is CC(C)CCOc1cccc2c1[n+]([O-])c1cccc(O)c1[n+]2[O-]. The highest BCUT2D eigenvalue weighted by Crippen LogP contribution is 2.25. The Morgan fingerprint density at radius 2 is 1.61 bits per heavy atom. The third-order valence-electron chi connectivity index (χ3n) is 3.77. The van der Waals surface area contributed by atoms with Gasteiger partial charge < -0.3 is 20.3 Å². The van der Waals surface area contributed by atoms with Crippen LogP contribution in [0, 0.1) is 16.3 Å². The third kappa shape index (κ3) is 2.56. The first-order valence-electron chi connectivity index (χ1n) is 7.53. The molecule has 0 unspecified atom stereocenters. The normalized spacial score (nSPS) is 11.4. The van der Waals surface area contributed by atoms with Gasteiger partial charge in [0, 0.05) is 12.1 Å². The van der Waals surface area contributed by atoms with E-state index in [1.165, 1.54) is 24.3 Å². The number of aromatic nitrogens is 2. The van der Waals surface area contributed by atoms with Crippen molar-refractivity contribution in [2.75, 3.05) is 6.61 Å². The van der Waals surface area contributed by atoms with Gasteiger partial charge in [-0.15, -0.1) is 0 Å². The topological polar surface area (TPSA) is 83.3 Å². The van der Waals surface area contributed by atoms with Crippen LogP contribution in [0.5, 0.6) is 11.5 Å². The molecule has 0 saturated heterocycles. The van der Waals surface area contributed by atoms with Gasteiger partial charge in [0.25, 0.3) is 11.0 Å². The lowest BCUT2D eigenvalue weighted by Crippen LogP contribution is -2.39. The number of aromatic hydroxyl groups is 1. The summed E-state index contributed by atoms with van der Waals surface area (Å²) < 4.78 is 6.93. The average Bonchev–Trinajstić information content (AvgIpc) is 2.52. The van der Waals surface area contributed by atoms with E-state index in [0.717, 1.165) is 6.42 Å². The number of phenolic OH excluding ortho intramolecular Hbond substituents is 1. The molecule has 1 N–H and O–H groups in total. The highest BCUT2D eigenvalue weighted by molar-refractivity contribution is 5.83. The van der Waals surface area contributed by atoms with Crippen LogP contribution < -0.4 is 14.2 Å². The number of benzene rings is 2. The molecule has 3 aromatic rings. The second kappa shape index (κ2) is 5.79. The van der Waals surface area contributed by atoms with E-state index in [1.54, 1.807) is 12.1 Å². The molecule has 1 heterocycles. The van der Waals surface area contributed by atoms with Crippen molar-refractivity contribution in [2.24, 2.45) is 5.92 Å². The fourth-order valence-corrected chi connectivity index (χ4v) is 2.53. The van der Waals surface area contributed by atoms with Crippen LogP contribution in [0.25, 0.3) is 22.1 Å². The van der Waals surface area contributed by atoms with Crippen LogP contribution in [0.1, 0.15) is 20.3 Å². The van der Waals surface area contributed by atoms with Crippen molar-refractivity contribution < 1.29 is 19.3 Å². The molecule has 6 heteroatoms. The Kier molecular flexibility index (Phi) is 3.82. The first-order chi connectivity index (χ1) is 11.0. The van der Waals surface area contributed by atoms with Crippen molar-refractivity contribution >= 4 is 22.1 Å². The van der Waals surface area contributed by atoms with E-state index < -0.39 is 0 Å². The van der Waals surface area contributed by atoms with Crippen molar-refractivity contribution in [1.29, 1.82) is 0 Å². The quantitative estimate of drug-likeness (QED) is 0.455. The molecular weight excluding hydrogens is 296 g/mol. The Labute approximate surface area is 133 Å². The van der Waals surface area contributed by atoms with Crippen LogP contribution >= 0.6 is 0 Å². The highest BCUT2D eigenvalue weighted by Gasteiger charge is 2.26. The van der Waals surface area contributed by atoms with Gasteiger partial charge in [0.15, 0.2) is 11.5 Å². The number of phenols is 1. The summed E-state index contributed by atoms with van der Waals surface area (Å²) in [5, 5.41) is 35.1. The number of rotatable bonds is 4. The van der Waals surface area contributed by atoms with Gasteiger partial charge in [0.1, 0.15) is 0 Å². The highest BCUT2D eigenvalue weighted by atomic mass is 16.5. The van der Waals surface area contributed by atoms with E-state index in [2.05, 4.69) is 13.8 Å². The lowest BCUT2D eigenvalue weighted by Gasteiger charge is -2.12. The first kappa shape index (κ1) is 15.1. The molecule has 0 spiro atoms. The Balaban J connectivity index is 2.23. The molecule has 120 valence electrons. The molecule has 0 fully saturated rings. The van der Waals surface area contributed by atoms with Crippen molar-refractivity contribution in [1.82, 2.24) is 0 Å². The number of ether oxygens (including phenoxy) is 1. The van der Waals surface area contributed by atoms with Crippen molar-refractivity contribution in [3.8, 4) is 11.5 Å². The Morgan fingerprint density at radius 3 is 2.30 bits per heavy atom. The second-order valence-corrected chi connectivity index (χ2v) is 5.89. The standard InChI is InChI=1S/C17H18N2O4/c1-11(2)9-10-23-15-8-4-6-13-17(15)19(22)12-5-3-7-14(20)16(12)18(13)21/h3-8,11,20H,9-10H2,1-2H3. The Hall–Kier alpha value is -2.76.